The van der Waals surface area contributed by atoms with E-state index in [1.165, 1.54) is 10.8 Å². The first kappa shape index (κ1) is 15.1. The molecule has 0 aliphatic heterocycles. The third-order valence-electron chi connectivity index (χ3n) is 4.14. The first-order valence-electron chi connectivity index (χ1n) is 7.82. The molecule has 0 aliphatic rings. The molecule has 2 aromatic carbocycles. The molecule has 0 unspecified atom stereocenters. The number of para-hydroxylation sites is 2. The van der Waals surface area contributed by atoms with Crippen LogP contribution in [0.2, 0.25) is 0 Å². The van der Waals surface area contributed by atoms with E-state index in [0.29, 0.717) is 16.6 Å². The van der Waals surface area contributed by atoms with Crippen LogP contribution in [0.25, 0.3) is 16.6 Å². The van der Waals surface area contributed by atoms with Gasteiger partial charge in [0.1, 0.15) is 6.54 Å². The number of nitrogens with zero attached hydrogens (tertiary/aromatic N) is 4. The van der Waals surface area contributed by atoms with Gasteiger partial charge in [-0.15, -0.1) is 5.10 Å². The molecule has 1 N–H and O–H groups in total. The fourth-order valence-electron chi connectivity index (χ4n) is 2.87. The number of hydrogen-bond acceptors (Lipinski definition) is 4. The average molecular weight is 333 g/mol. The zero-order chi connectivity index (χ0) is 17.4. The van der Waals surface area contributed by atoms with Gasteiger partial charge in [0.05, 0.1) is 17.1 Å². The van der Waals surface area contributed by atoms with E-state index in [0.717, 1.165) is 11.3 Å². The van der Waals surface area contributed by atoms with Gasteiger partial charge in [0.25, 0.3) is 5.56 Å². The minimum atomic E-state index is -0.283. The molecule has 0 saturated carbocycles. The summed E-state index contributed by atoms with van der Waals surface area (Å²) in [6.45, 7) is 1.80. The molecule has 124 valence electrons. The first-order chi connectivity index (χ1) is 12.1. The number of nitrogens with one attached hydrogen (secondary N) is 1. The second-order valence-electron chi connectivity index (χ2n) is 5.78. The summed E-state index contributed by atoms with van der Waals surface area (Å²) in [5.41, 5.74) is 2.58. The highest BCUT2D eigenvalue weighted by Gasteiger charge is 2.14. The van der Waals surface area contributed by atoms with Crippen LogP contribution in [0, 0.1) is 6.92 Å². The summed E-state index contributed by atoms with van der Waals surface area (Å²) in [6.07, 6.45) is 1.48. The third-order valence-corrected chi connectivity index (χ3v) is 4.14. The molecule has 25 heavy (non-hydrogen) atoms. The molecule has 7 heteroatoms. The molecule has 7 nitrogen and oxygen atoms in total. The van der Waals surface area contributed by atoms with Crippen molar-refractivity contribution in [3.05, 3.63) is 70.6 Å². The standard InChI is InChI=1S/C18H15N5O2/c1-12-6-2-4-8-14(12)20-16(24)11-22-17-10-19-21-23(17)15-9-5-3-7-13(15)18(22)25/h2-10H,11H2,1H3,(H,20,24). The lowest BCUT2D eigenvalue weighted by atomic mass is 10.2. The number of carbonyl (C=O) groups is 1. The lowest BCUT2D eigenvalue weighted by molar-refractivity contribution is -0.116. The molecule has 2 aromatic heterocycles. The van der Waals surface area contributed by atoms with Crippen molar-refractivity contribution >= 4 is 28.1 Å². The van der Waals surface area contributed by atoms with Crippen molar-refractivity contribution in [3.8, 4) is 0 Å². The van der Waals surface area contributed by atoms with Gasteiger partial charge in [-0.1, -0.05) is 35.5 Å². The summed E-state index contributed by atoms with van der Waals surface area (Å²) in [6, 6.07) is 14.6. The van der Waals surface area contributed by atoms with Crippen molar-refractivity contribution in [2.24, 2.45) is 0 Å². The van der Waals surface area contributed by atoms with Crippen molar-refractivity contribution in [2.75, 3.05) is 5.32 Å². The molecule has 2 heterocycles. The Morgan fingerprint density at radius 2 is 1.88 bits per heavy atom. The molecule has 4 rings (SSSR count). The summed E-state index contributed by atoms with van der Waals surface area (Å²) in [7, 11) is 0. The Hall–Kier alpha value is -3.48. The summed E-state index contributed by atoms with van der Waals surface area (Å²) < 4.78 is 2.95. The van der Waals surface area contributed by atoms with E-state index in [9.17, 15) is 9.59 Å². The largest absolute Gasteiger partial charge is 0.324 e. The Balaban J connectivity index is 1.77. The van der Waals surface area contributed by atoms with Crippen LogP contribution in [0.3, 0.4) is 0 Å². The fourth-order valence-corrected chi connectivity index (χ4v) is 2.87. The van der Waals surface area contributed by atoms with Crippen LogP contribution in [0.4, 0.5) is 5.69 Å². The van der Waals surface area contributed by atoms with Crippen LogP contribution in [0.1, 0.15) is 5.56 Å². The molecule has 1 amide bonds. The number of rotatable bonds is 3. The lowest BCUT2D eigenvalue weighted by Gasteiger charge is -2.11. The number of aryl methyl sites for hydroxylation is 1. The number of hydrogen-bond donors (Lipinski definition) is 1. The van der Waals surface area contributed by atoms with Crippen molar-refractivity contribution in [1.82, 2.24) is 19.4 Å². The van der Waals surface area contributed by atoms with E-state index in [4.69, 9.17) is 0 Å². The molecule has 0 saturated heterocycles. The fraction of sp³-hybridized carbons (Fsp3) is 0.111. The topological polar surface area (TPSA) is 81.3 Å². The van der Waals surface area contributed by atoms with Crippen molar-refractivity contribution in [1.29, 1.82) is 0 Å². The Bertz CT molecular complexity index is 1160. The van der Waals surface area contributed by atoms with Gasteiger partial charge in [-0.25, -0.2) is 0 Å². The normalized spacial score (nSPS) is 11.1. The van der Waals surface area contributed by atoms with E-state index in [-0.39, 0.29) is 18.0 Å². The highest BCUT2D eigenvalue weighted by Crippen LogP contribution is 2.14. The van der Waals surface area contributed by atoms with Crippen molar-refractivity contribution in [3.63, 3.8) is 0 Å². The van der Waals surface area contributed by atoms with E-state index in [1.54, 1.807) is 22.7 Å². The Morgan fingerprint density at radius 1 is 1.12 bits per heavy atom. The number of aromatic nitrogens is 4. The maximum Gasteiger partial charge on any atom is 0.262 e. The molecular formula is C18H15N5O2. The van der Waals surface area contributed by atoms with Crippen LogP contribution in [-0.2, 0) is 11.3 Å². The highest BCUT2D eigenvalue weighted by molar-refractivity contribution is 5.92. The molecule has 0 spiro atoms. The van der Waals surface area contributed by atoms with E-state index in [2.05, 4.69) is 15.6 Å². The number of benzene rings is 2. The van der Waals surface area contributed by atoms with Crippen LogP contribution in [0.15, 0.2) is 59.5 Å². The second kappa shape index (κ2) is 5.86. The Morgan fingerprint density at radius 3 is 2.72 bits per heavy atom. The molecule has 0 fully saturated rings. The molecule has 0 radical (unpaired) electrons. The summed E-state index contributed by atoms with van der Waals surface area (Å²) >= 11 is 0. The third kappa shape index (κ3) is 2.55. The van der Waals surface area contributed by atoms with Crippen LogP contribution < -0.4 is 10.9 Å². The molecule has 4 aromatic rings. The van der Waals surface area contributed by atoms with Crippen LogP contribution in [0.5, 0.6) is 0 Å². The predicted octanol–water partition coefficient (Wildman–Crippen LogP) is 1.99. The van der Waals surface area contributed by atoms with Crippen LogP contribution in [-0.4, -0.2) is 25.3 Å². The number of amides is 1. The van der Waals surface area contributed by atoms with Gasteiger partial charge in [0.2, 0.25) is 5.91 Å². The van der Waals surface area contributed by atoms with Crippen LogP contribution >= 0.6 is 0 Å². The quantitative estimate of drug-likeness (QED) is 0.622. The highest BCUT2D eigenvalue weighted by atomic mass is 16.2. The van der Waals surface area contributed by atoms with Crippen molar-refractivity contribution in [2.45, 2.75) is 13.5 Å². The SMILES string of the molecule is Cc1ccccc1NC(=O)Cn1c(=O)c2ccccc2n2nncc12. The minimum absolute atomic E-state index is 0.116. The van der Waals surface area contributed by atoms with Gasteiger partial charge >= 0.3 is 0 Å². The zero-order valence-corrected chi connectivity index (χ0v) is 13.5. The Kier molecular flexibility index (Phi) is 3.53. The second-order valence-corrected chi connectivity index (χ2v) is 5.78. The molecule has 0 bridgehead atoms. The van der Waals surface area contributed by atoms with Gasteiger partial charge in [-0.3, -0.25) is 14.2 Å². The molecular weight excluding hydrogens is 318 g/mol. The molecule has 0 atom stereocenters. The zero-order valence-electron chi connectivity index (χ0n) is 13.5. The Labute approximate surface area is 142 Å². The smallest absolute Gasteiger partial charge is 0.262 e. The maximum atomic E-state index is 12.8. The van der Waals surface area contributed by atoms with E-state index in [1.807, 2.05) is 37.3 Å². The number of anilines is 1. The monoisotopic (exact) mass is 333 g/mol. The summed E-state index contributed by atoms with van der Waals surface area (Å²) in [4.78, 5) is 25.3. The van der Waals surface area contributed by atoms with E-state index >= 15 is 0 Å². The maximum absolute atomic E-state index is 12.8. The summed E-state index contributed by atoms with van der Waals surface area (Å²) in [5.74, 6) is -0.283. The predicted molar refractivity (Wildman–Crippen MR) is 94.6 cm³/mol. The summed E-state index contributed by atoms with van der Waals surface area (Å²) in [5, 5.41) is 11.2. The number of fused-ring (bicyclic) bond motifs is 3. The first-order valence-corrected chi connectivity index (χ1v) is 7.82. The van der Waals surface area contributed by atoms with Crippen molar-refractivity contribution < 1.29 is 4.79 Å². The average Bonchev–Trinajstić information content (AvgIpc) is 3.10. The van der Waals surface area contributed by atoms with E-state index < -0.39 is 0 Å². The van der Waals surface area contributed by atoms with Gasteiger partial charge in [-0.05, 0) is 30.7 Å². The van der Waals surface area contributed by atoms with Gasteiger partial charge < -0.3 is 5.32 Å². The lowest BCUT2D eigenvalue weighted by Crippen LogP contribution is -2.29. The molecule has 0 aliphatic carbocycles. The van der Waals surface area contributed by atoms with Gasteiger partial charge in [0, 0.05) is 5.69 Å². The minimum Gasteiger partial charge on any atom is -0.324 e. The van der Waals surface area contributed by atoms with Gasteiger partial charge in [-0.2, -0.15) is 4.52 Å². The number of carbonyl (C=O) groups excluding carboxylic acids is 1. The van der Waals surface area contributed by atoms with Gasteiger partial charge in [0.15, 0.2) is 5.65 Å².